The molecule has 0 radical (unpaired) electrons. The maximum atomic E-state index is 10.8. The molecule has 0 aliphatic carbocycles. The summed E-state index contributed by atoms with van der Waals surface area (Å²) in [7, 11) is 1.59. The lowest BCUT2D eigenvalue weighted by Crippen LogP contribution is -2.30. The maximum Gasteiger partial charge on any atom is 0.150 e. The molecule has 0 saturated carbocycles. The highest BCUT2D eigenvalue weighted by Crippen LogP contribution is 2.24. The summed E-state index contributed by atoms with van der Waals surface area (Å²) < 4.78 is 5.08. The predicted octanol–water partition coefficient (Wildman–Crippen LogP) is 1.70. The number of nitrogens with two attached hydrogens (primary N) is 1. The number of benzene rings is 1. The van der Waals surface area contributed by atoms with Crippen molar-refractivity contribution >= 4 is 6.29 Å². The van der Waals surface area contributed by atoms with Gasteiger partial charge in [-0.3, -0.25) is 4.79 Å². The summed E-state index contributed by atoms with van der Waals surface area (Å²) in [5.74, 6) is 0.712. The Hall–Kier alpha value is -1.35. The Bertz CT molecular complexity index is 340. The molecule has 0 amide bonds. The quantitative estimate of drug-likeness (QED) is 0.743. The van der Waals surface area contributed by atoms with E-state index in [1.165, 1.54) is 0 Å². The van der Waals surface area contributed by atoms with Crippen LogP contribution in [0.5, 0.6) is 5.75 Å². The molecule has 0 fully saturated rings. The Morgan fingerprint density at radius 2 is 2.07 bits per heavy atom. The van der Waals surface area contributed by atoms with Gasteiger partial charge in [0.1, 0.15) is 12.0 Å². The van der Waals surface area contributed by atoms with Crippen molar-refractivity contribution < 1.29 is 9.53 Å². The smallest absolute Gasteiger partial charge is 0.150 e. The Labute approximate surface area is 83.9 Å². The second-order valence-electron chi connectivity index (χ2n) is 3.79. The van der Waals surface area contributed by atoms with Crippen molar-refractivity contribution in [3.05, 3.63) is 29.3 Å². The molecule has 1 rings (SSSR count). The number of hydrogen-bond donors (Lipinski definition) is 1. The van der Waals surface area contributed by atoms with E-state index < -0.39 is 5.54 Å². The van der Waals surface area contributed by atoms with Crippen LogP contribution in [0.25, 0.3) is 0 Å². The van der Waals surface area contributed by atoms with Gasteiger partial charge in [0.15, 0.2) is 0 Å². The minimum absolute atomic E-state index is 0.537. The van der Waals surface area contributed by atoms with Gasteiger partial charge in [-0.1, -0.05) is 0 Å². The van der Waals surface area contributed by atoms with Gasteiger partial charge in [-0.25, -0.2) is 0 Å². The van der Waals surface area contributed by atoms with Gasteiger partial charge in [-0.15, -0.1) is 0 Å². The monoisotopic (exact) mass is 193 g/mol. The largest absolute Gasteiger partial charge is 0.497 e. The van der Waals surface area contributed by atoms with Crippen molar-refractivity contribution in [1.82, 2.24) is 0 Å². The van der Waals surface area contributed by atoms with E-state index in [2.05, 4.69) is 0 Å². The van der Waals surface area contributed by atoms with Gasteiger partial charge in [0.25, 0.3) is 0 Å². The lowest BCUT2D eigenvalue weighted by molar-refractivity contribution is 0.112. The number of ether oxygens (including phenoxy) is 1. The number of carbonyl (C=O) groups is 1. The standard InChI is InChI=1S/C11H15NO2/c1-11(2,12)10-6-9(14-3)5-4-8(10)7-13/h4-7H,12H2,1-3H3. The topological polar surface area (TPSA) is 52.3 Å². The van der Waals surface area contributed by atoms with Crippen LogP contribution in [-0.2, 0) is 5.54 Å². The average molecular weight is 193 g/mol. The lowest BCUT2D eigenvalue weighted by atomic mass is 9.91. The summed E-state index contributed by atoms with van der Waals surface area (Å²) >= 11 is 0. The fourth-order valence-electron chi connectivity index (χ4n) is 1.32. The molecule has 0 bridgehead atoms. The minimum Gasteiger partial charge on any atom is -0.497 e. The highest BCUT2D eigenvalue weighted by atomic mass is 16.5. The Morgan fingerprint density at radius 3 is 2.50 bits per heavy atom. The van der Waals surface area contributed by atoms with Gasteiger partial charge in [0.2, 0.25) is 0 Å². The number of aldehydes is 1. The Kier molecular flexibility index (Phi) is 2.91. The van der Waals surface area contributed by atoms with Crippen LogP contribution in [0, 0.1) is 0 Å². The van der Waals surface area contributed by atoms with E-state index in [9.17, 15) is 4.79 Å². The van der Waals surface area contributed by atoms with Crippen molar-refractivity contribution in [2.24, 2.45) is 5.73 Å². The van der Waals surface area contributed by atoms with Gasteiger partial charge in [0, 0.05) is 11.1 Å². The first-order valence-corrected chi connectivity index (χ1v) is 4.41. The van der Waals surface area contributed by atoms with Crippen LogP contribution >= 0.6 is 0 Å². The average Bonchev–Trinajstić information content (AvgIpc) is 2.15. The molecule has 0 aromatic heterocycles. The van der Waals surface area contributed by atoms with Gasteiger partial charge < -0.3 is 10.5 Å². The molecule has 0 saturated heterocycles. The molecule has 1 aromatic carbocycles. The SMILES string of the molecule is COc1ccc(C=O)c(C(C)(C)N)c1. The zero-order valence-corrected chi connectivity index (χ0v) is 8.70. The zero-order chi connectivity index (χ0) is 10.8. The van der Waals surface area contributed by atoms with Crippen molar-refractivity contribution in [3.63, 3.8) is 0 Å². The maximum absolute atomic E-state index is 10.8. The first kappa shape index (κ1) is 10.7. The molecule has 1 aromatic rings. The molecule has 2 N–H and O–H groups in total. The molecule has 0 aliphatic heterocycles. The fraction of sp³-hybridized carbons (Fsp3) is 0.364. The van der Waals surface area contributed by atoms with Crippen LogP contribution in [0.15, 0.2) is 18.2 Å². The third kappa shape index (κ3) is 2.12. The summed E-state index contributed by atoms with van der Waals surface area (Å²) in [5.41, 5.74) is 6.81. The van der Waals surface area contributed by atoms with E-state index in [1.807, 2.05) is 13.8 Å². The van der Waals surface area contributed by atoms with E-state index in [0.717, 1.165) is 11.8 Å². The molecule has 0 atom stereocenters. The second-order valence-corrected chi connectivity index (χ2v) is 3.79. The third-order valence-electron chi connectivity index (χ3n) is 2.08. The molecule has 14 heavy (non-hydrogen) atoms. The van der Waals surface area contributed by atoms with E-state index in [1.54, 1.807) is 25.3 Å². The first-order chi connectivity index (χ1) is 6.49. The summed E-state index contributed by atoms with van der Waals surface area (Å²) in [6, 6.07) is 5.26. The van der Waals surface area contributed by atoms with Gasteiger partial charge >= 0.3 is 0 Å². The Balaban J connectivity index is 3.29. The number of rotatable bonds is 3. The highest BCUT2D eigenvalue weighted by Gasteiger charge is 2.18. The molecule has 3 nitrogen and oxygen atoms in total. The number of methoxy groups -OCH3 is 1. The van der Waals surface area contributed by atoms with Crippen LogP contribution in [-0.4, -0.2) is 13.4 Å². The molecule has 0 spiro atoms. The molecule has 0 heterocycles. The van der Waals surface area contributed by atoms with Crippen molar-refractivity contribution in [2.75, 3.05) is 7.11 Å². The Morgan fingerprint density at radius 1 is 1.43 bits per heavy atom. The normalized spacial score (nSPS) is 11.1. The van der Waals surface area contributed by atoms with Gasteiger partial charge in [-0.05, 0) is 37.6 Å². The molecular weight excluding hydrogens is 178 g/mol. The van der Waals surface area contributed by atoms with Crippen molar-refractivity contribution in [3.8, 4) is 5.75 Å². The predicted molar refractivity (Wildman–Crippen MR) is 55.6 cm³/mol. The van der Waals surface area contributed by atoms with Crippen LogP contribution in [0.4, 0.5) is 0 Å². The lowest BCUT2D eigenvalue weighted by Gasteiger charge is -2.21. The summed E-state index contributed by atoms with van der Waals surface area (Å²) in [6.07, 6.45) is 0.809. The summed E-state index contributed by atoms with van der Waals surface area (Å²) in [6.45, 7) is 3.71. The van der Waals surface area contributed by atoms with E-state index >= 15 is 0 Å². The zero-order valence-electron chi connectivity index (χ0n) is 8.70. The second kappa shape index (κ2) is 3.80. The molecule has 76 valence electrons. The van der Waals surface area contributed by atoms with E-state index in [4.69, 9.17) is 10.5 Å². The first-order valence-electron chi connectivity index (χ1n) is 4.41. The van der Waals surface area contributed by atoms with E-state index in [0.29, 0.717) is 11.3 Å². The minimum atomic E-state index is -0.537. The van der Waals surface area contributed by atoms with Gasteiger partial charge in [-0.2, -0.15) is 0 Å². The number of hydrogen-bond acceptors (Lipinski definition) is 3. The fourth-order valence-corrected chi connectivity index (χ4v) is 1.32. The highest BCUT2D eigenvalue weighted by molar-refractivity contribution is 5.78. The van der Waals surface area contributed by atoms with E-state index in [-0.39, 0.29) is 0 Å². The summed E-state index contributed by atoms with van der Waals surface area (Å²) in [5, 5.41) is 0. The third-order valence-corrected chi connectivity index (χ3v) is 2.08. The molecule has 0 aliphatic rings. The van der Waals surface area contributed by atoms with Crippen LogP contribution in [0.3, 0.4) is 0 Å². The van der Waals surface area contributed by atoms with Crippen molar-refractivity contribution in [2.45, 2.75) is 19.4 Å². The molecule has 0 unspecified atom stereocenters. The number of carbonyl (C=O) groups excluding carboxylic acids is 1. The molecule has 3 heteroatoms. The van der Waals surface area contributed by atoms with Crippen molar-refractivity contribution in [1.29, 1.82) is 0 Å². The van der Waals surface area contributed by atoms with Crippen LogP contribution < -0.4 is 10.5 Å². The van der Waals surface area contributed by atoms with Crippen LogP contribution in [0.1, 0.15) is 29.8 Å². The van der Waals surface area contributed by atoms with Gasteiger partial charge in [0.05, 0.1) is 7.11 Å². The van der Waals surface area contributed by atoms with Crippen LogP contribution in [0.2, 0.25) is 0 Å². The summed E-state index contributed by atoms with van der Waals surface area (Å²) in [4.78, 5) is 10.8. The molecular formula is C11H15NO2.